The Hall–Kier alpha value is -3.75. The first-order chi connectivity index (χ1) is 13.4. The molecule has 1 aliphatic heterocycles. The SMILES string of the molecule is O=C(O)[C@@H]1CCCN1c1ccc(/C=C/c2ccc([N+](=O)[O-])cc2)cc1[N+](=O)[O-]. The lowest BCUT2D eigenvalue weighted by atomic mass is 10.1. The molecule has 28 heavy (non-hydrogen) atoms. The van der Waals surface area contributed by atoms with Crippen molar-refractivity contribution in [2.24, 2.45) is 0 Å². The lowest BCUT2D eigenvalue weighted by molar-refractivity contribution is -0.384. The van der Waals surface area contributed by atoms with Crippen molar-refractivity contribution < 1.29 is 19.7 Å². The molecule has 0 aliphatic carbocycles. The van der Waals surface area contributed by atoms with Gasteiger partial charge in [-0.05, 0) is 42.2 Å². The summed E-state index contributed by atoms with van der Waals surface area (Å²) in [6.07, 6.45) is 4.47. The van der Waals surface area contributed by atoms with Gasteiger partial charge in [0.1, 0.15) is 11.7 Å². The zero-order valence-electron chi connectivity index (χ0n) is 14.7. The third kappa shape index (κ3) is 3.98. The van der Waals surface area contributed by atoms with Crippen molar-refractivity contribution in [2.45, 2.75) is 18.9 Å². The van der Waals surface area contributed by atoms with Gasteiger partial charge in [0, 0.05) is 24.7 Å². The molecule has 3 rings (SSSR count). The van der Waals surface area contributed by atoms with E-state index in [1.807, 2.05) is 0 Å². The number of rotatable bonds is 6. The zero-order valence-corrected chi connectivity index (χ0v) is 14.7. The zero-order chi connectivity index (χ0) is 20.3. The number of aliphatic carboxylic acids is 1. The topological polar surface area (TPSA) is 127 Å². The molecule has 1 atom stereocenters. The second-order valence-electron chi connectivity index (χ2n) is 6.38. The summed E-state index contributed by atoms with van der Waals surface area (Å²) < 4.78 is 0. The van der Waals surface area contributed by atoms with Crippen LogP contribution in [0.25, 0.3) is 12.2 Å². The Bertz CT molecular complexity index is 955. The maximum atomic E-state index is 11.5. The molecule has 0 bridgehead atoms. The summed E-state index contributed by atoms with van der Waals surface area (Å²) in [4.78, 5) is 34.2. The molecule has 1 saturated heterocycles. The summed E-state index contributed by atoms with van der Waals surface area (Å²) in [7, 11) is 0. The molecular weight excluding hydrogens is 366 g/mol. The number of hydrogen-bond acceptors (Lipinski definition) is 6. The number of carboxylic acid groups (broad SMARTS) is 1. The van der Waals surface area contributed by atoms with E-state index in [1.165, 1.54) is 18.2 Å². The smallest absolute Gasteiger partial charge is 0.326 e. The number of anilines is 1. The second-order valence-corrected chi connectivity index (χ2v) is 6.38. The van der Waals surface area contributed by atoms with E-state index in [4.69, 9.17) is 0 Å². The van der Waals surface area contributed by atoms with Crippen molar-refractivity contribution >= 4 is 35.2 Å². The first-order valence-corrected chi connectivity index (χ1v) is 8.57. The highest BCUT2D eigenvalue weighted by molar-refractivity contribution is 5.82. The molecule has 2 aromatic carbocycles. The number of carboxylic acids is 1. The summed E-state index contributed by atoms with van der Waals surface area (Å²) in [6.45, 7) is 0.454. The Morgan fingerprint density at radius 1 is 1.04 bits per heavy atom. The molecule has 0 spiro atoms. The van der Waals surface area contributed by atoms with Crippen molar-refractivity contribution in [1.29, 1.82) is 0 Å². The number of nitro benzene ring substituents is 2. The fourth-order valence-electron chi connectivity index (χ4n) is 3.24. The summed E-state index contributed by atoms with van der Waals surface area (Å²) in [5, 5.41) is 31.5. The fourth-order valence-corrected chi connectivity index (χ4v) is 3.24. The van der Waals surface area contributed by atoms with Crippen LogP contribution in [0, 0.1) is 20.2 Å². The highest BCUT2D eigenvalue weighted by Gasteiger charge is 2.34. The molecule has 2 aromatic rings. The van der Waals surface area contributed by atoms with Gasteiger partial charge in [0.05, 0.1) is 9.85 Å². The summed E-state index contributed by atoms with van der Waals surface area (Å²) in [5.74, 6) is -0.992. The standard InChI is InChI=1S/C19H17N3O6/c23-19(24)17-2-1-11-20(17)16-10-7-14(12-18(16)22(27)28)4-3-13-5-8-15(9-6-13)21(25)26/h3-10,12,17H,1-2,11H2,(H,23,24)/b4-3+/t17-/m0/s1. The molecule has 0 unspecified atom stereocenters. The van der Waals surface area contributed by atoms with Crippen LogP contribution < -0.4 is 4.90 Å². The Morgan fingerprint density at radius 3 is 2.29 bits per heavy atom. The quantitative estimate of drug-likeness (QED) is 0.457. The number of benzene rings is 2. The van der Waals surface area contributed by atoms with Crippen LogP contribution in [0.4, 0.5) is 17.1 Å². The maximum Gasteiger partial charge on any atom is 0.326 e. The van der Waals surface area contributed by atoms with Crippen LogP contribution in [0.15, 0.2) is 42.5 Å². The predicted octanol–water partition coefficient (Wildman–Crippen LogP) is 3.73. The average Bonchev–Trinajstić information content (AvgIpc) is 3.16. The summed E-state index contributed by atoms with van der Waals surface area (Å²) in [6, 6.07) is 9.80. The number of carbonyl (C=O) groups is 1. The molecular formula is C19H17N3O6. The van der Waals surface area contributed by atoms with Crippen molar-refractivity contribution in [3.05, 3.63) is 73.8 Å². The van der Waals surface area contributed by atoms with Crippen LogP contribution in [0.1, 0.15) is 24.0 Å². The van der Waals surface area contributed by atoms with Crippen LogP contribution in [-0.4, -0.2) is 33.5 Å². The van der Waals surface area contributed by atoms with Gasteiger partial charge in [0.2, 0.25) is 0 Å². The van der Waals surface area contributed by atoms with E-state index in [9.17, 15) is 30.1 Å². The number of non-ortho nitro benzene ring substituents is 1. The van der Waals surface area contributed by atoms with Crippen LogP contribution in [0.3, 0.4) is 0 Å². The van der Waals surface area contributed by atoms with E-state index in [2.05, 4.69) is 0 Å². The Kier molecular flexibility index (Phi) is 5.35. The highest BCUT2D eigenvalue weighted by atomic mass is 16.6. The van der Waals surface area contributed by atoms with Gasteiger partial charge in [0.25, 0.3) is 11.4 Å². The fraction of sp³-hybridized carbons (Fsp3) is 0.211. The lowest BCUT2D eigenvalue weighted by Crippen LogP contribution is -2.36. The minimum absolute atomic E-state index is 0.0178. The van der Waals surface area contributed by atoms with Crippen molar-refractivity contribution in [1.82, 2.24) is 0 Å². The molecule has 0 saturated carbocycles. The molecule has 0 radical (unpaired) electrons. The Morgan fingerprint density at radius 2 is 1.68 bits per heavy atom. The van der Waals surface area contributed by atoms with E-state index < -0.39 is 21.9 Å². The van der Waals surface area contributed by atoms with Crippen LogP contribution in [0.5, 0.6) is 0 Å². The van der Waals surface area contributed by atoms with E-state index in [0.29, 0.717) is 36.2 Å². The van der Waals surface area contributed by atoms with E-state index in [0.717, 1.165) is 0 Å². The van der Waals surface area contributed by atoms with Crippen LogP contribution >= 0.6 is 0 Å². The summed E-state index contributed by atoms with van der Waals surface area (Å²) in [5.41, 5.74) is 1.40. The largest absolute Gasteiger partial charge is 0.480 e. The summed E-state index contributed by atoms with van der Waals surface area (Å²) >= 11 is 0. The maximum absolute atomic E-state index is 11.5. The molecule has 1 aliphatic rings. The third-order valence-electron chi connectivity index (χ3n) is 4.62. The number of nitro groups is 2. The van der Waals surface area contributed by atoms with Gasteiger partial charge in [-0.3, -0.25) is 20.2 Å². The normalized spacial score (nSPS) is 16.4. The molecule has 9 nitrogen and oxygen atoms in total. The van der Waals surface area contributed by atoms with Gasteiger partial charge < -0.3 is 10.0 Å². The molecule has 1 heterocycles. The molecule has 144 valence electrons. The van der Waals surface area contributed by atoms with Gasteiger partial charge in [-0.2, -0.15) is 0 Å². The molecule has 0 amide bonds. The minimum atomic E-state index is -0.992. The molecule has 1 N–H and O–H groups in total. The van der Waals surface area contributed by atoms with Gasteiger partial charge in [-0.25, -0.2) is 4.79 Å². The first-order valence-electron chi connectivity index (χ1n) is 8.57. The predicted molar refractivity (Wildman–Crippen MR) is 103 cm³/mol. The minimum Gasteiger partial charge on any atom is -0.480 e. The number of hydrogen-bond donors (Lipinski definition) is 1. The highest BCUT2D eigenvalue weighted by Crippen LogP contribution is 2.34. The van der Waals surface area contributed by atoms with E-state index in [1.54, 1.807) is 41.3 Å². The Labute approximate surface area is 159 Å². The number of nitrogens with zero attached hydrogens (tertiary/aromatic N) is 3. The van der Waals surface area contributed by atoms with Crippen molar-refractivity contribution in [2.75, 3.05) is 11.4 Å². The lowest BCUT2D eigenvalue weighted by Gasteiger charge is -2.23. The Balaban J connectivity index is 1.87. The van der Waals surface area contributed by atoms with Gasteiger partial charge in [-0.15, -0.1) is 0 Å². The van der Waals surface area contributed by atoms with Crippen LogP contribution in [-0.2, 0) is 4.79 Å². The third-order valence-corrected chi connectivity index (χ3v) is 4.62. The monoisotopic (exact) mass is 383 g/mol. The molecule has 1 fully saturated rings. The van der Waals surface area contributed by atoms with Gasteiger partial charge >= 0.3 is 5.97 Å². The van der Waals surface area contributed by atoms with E-state index >= 15 is 0 Å². The molecule has 0 aromatic heterocycles. The van der Waals surface area contributed by atoms with Crippen molar-refractivity contribution in [3.8, 4) is 0 Å². The average molecular weight is 383 g/mol. The van der Waals surface area contributed by atoms with Crippen molar-refractivity contribution in [3.63, 3.8) is 0 Å². The van der Waals surface area contributed by atoms with Gasteiger partial charge in [-0.1, -0.05) is 18.2 Å². The second kappa shape index (κ2) is 7.87. The van der Waals surface area contributed by atoms with Gasteiger partial charge in [0.15, 0.2) is 0 Å². The van der Waals surface area contributed by atoms with E-state index in [-0.39, 0.29) is 11.4 Å². The van der Waals surface area contributed by atoms with Crippen LogP contribution in [0.2, 0.25) is 0 Å². The molecule has 9 heteroatoms. The first kappa shape index (κ1) is 19.0.